The van der Waals surface area contributed by atoms with E-state index in [0.717, 1.165) is 29.7 Å². The van der Waals surface area contributed by atoms with Crippen molar-refractivity contribution >= 4 is 27.7 Å². The summed E-state index contributed by atoms with van der Waals surface area (Å²) in [5.74, 6) is 1.28. The standard InChI is InChI=1S/C12H18BrN5/c1-17-8-2-3-9(17)7-18(5-4-8)12-15-10(13)6-11(14)16-12/h6,8-9H,2-5,7H2,1H3,(H2,14,15,16). The fraction of sp³-hybridized carbons (Fsp3) is 0.667. The van der Waals surface area contributed by atoms with E-state index in [0.29, 0.717) is 11.9 Å². The number of hydrogen-bond acceptors (Lipinski definition) is 5. The summed E-state index contributed by atoms with van der Waals surface area (Å²) in [4.78, 5) is 13.6. The normalized spacial score (nSPS) is 28.4. The van der Waals surface area contributed by atoms with E-state index >= 15 is 0 Å². The lowest BCUT2D eigenvalue weighted by Gasteiger charge is -2.25. The molecule has 1 aromatic rings. The third-order valence-electron chi connectivity index (χ3n) is 4.13. The van der Waals surface area contributed by atoms with E-state index in [-0.39, 0.29) is 0 Å². The Bertz CT molecular complexity index is 432. The van der Waals surface area contributed by atoms with Crippen LogP contribution >= 0.6 is 15.9 Å². The van der Waals surface area contributed by atoms with Crippen molar-refractivity contribution in [2.24, 2.45) is 0 Å². The number of likely N-dealkylation sites (N-methyl/N-ethyl adjacent to an activating group) is 1. The first-order valence-electron chi connectivity index (χ1n) is 6.40. The quantitative estimate of drug-likeness (QED) is 0.796. The molecule has 2 atom stereocenters. The second-order valence-corrected chi connectivity index (χ2v) is 6.01. The lowest BCUT2D eigenvalue weighted by molar-refractivity contribution is 0.254. The lowest BCUT2D eigenvalue weighted by atomic mass is 10.1. The second kappa shape index (κ2) is 4.66. The molecule has 18 heavy (non-hydrogen) atoms. The summed E-state index contributed by atoms with van der Waals surface area (Å²) in [6.45, 7) is 2.02. The van der Waals surface area contributed by atoms with Gasteiger partial charge in [0.1, 0.15) is 10.4 Å². The Morgan fingerprint density at radius 1 is 1.28 bits per heavy atom. The van der Waals surface area contributed by atoms with E-state index in [4.69, 9.17) is 5.73 Å². The number of nitrogens with two attached hydrogens (primary N) is 1. The number of nitrogen functional groups attached to an aromatic ring is 1. The highest BCUT2D eigenvalue weighted by molar-refractivity contribution is 9.10. The van der Waals surface area contributed by atoms with Crippen LogP contribution in [0.25, 0.3) is 0 Å². The van der Waals surface area contributed by atoms with Crippen LogP contribution in [0.3, 0.4) is 0 Å². The number of hydrogen-bond donors (Lipinski definition) is 1. The maximum atomic E-state index is 5.79. The molecular formula is C12H18BrN5. The van der Waals surface area contributed by atoms with E-state index in [9.17, 15) is 0 Å². The summed E-state index contributed by atoms with van der Waals surface area (Å²) in [5.41, 5.74) is 5.79. The minimum atomic E-state index is 0.523. The molecule has 0 radical (unpaired) electrons. The number of halogens is 1. The smallest absolute Gasteiger partial charge is 0.228 e. The van der Waals surface area contributed by atoms with Gasteiger partial charge in [0.25, 0.3) is 0 Å². The van der Waals surface area contributed by atoms with Gasteiger partial charge in [0, 0.05) is 31.2 Å². The third kappa shape index (κ3) is 2.19. The summed E-state index contributed by atoms with van der Waals surface area (Å²) >= 11 is 3.38. The van der Waals surface area contributed by atoms with Gasteiger partial charge in [-0.05, 0) is 42.2 Å². The van der Waals surface area contributed by atoms with Crippen molar-refractivity contribution in [3.05, 3.63) is 10.7 Å². The van der Waals surface area contributed by atoms with Crippen LogP contribution < -0.4 is 10.6 Å². The number of rotatable bonds is 1. The van der Waals surface area contributed by atoms with Gasteiger partial charge < -0.3 is 10.6 Å². The molecule has 2 aliphatic heterocycles. The molecule has 2 unspecified atom stereocenters. The Morgan fingerprint density at radius 2 is 2.06 bits per heavy atom. The van der Waals surface area contributed by atoms with Crippen molar-refractivity contribution in [2.75, 3.05) is 30.8 Å². The van der Waals surface area contributed by atoms with E-state index in [2.05, 4.69) is 42.7 Å². The maximum absolute atomic E-state index is 5.79. The van der Waals surface area contributed by atoms with Crippen LogP contribution in [0, 0.1) is 0 Å². The molecule has 3 heterocycles. The first-order chi connectivity index (χ1) is 8.63. The summed E-state index contributed by atoms with van der Waals surface area (Å²) in [6, 6.07) is 3.09. The monoisotopic (exact) mass is 311 g/mol. The van der Waals surface area contributed by atoms with E-state index in [1.807, 2.05) is 0 Å². The van der Waals surface area contributed by atoms with Gasteiger partial charge in [-0.1, -0.05) is 0 Å². The van der Waals surface area contributed by atoms with Crippen molar-refractivity contribution in [3.8, 4) is 0 Å². The molecule has 0 spiro atoms. The molecule has 2 aliphatic rings. The molecule has 2 bridgehead atoms. The van der Waals surface area contributed by atoms with Gasteiger partial charge in [-0.25, -0.2) is 4.98 Å². The van der Waals surface area contributed by atoms with Gasteiger partial charge in [0.15, 0.2) is 0 Å². The molecule has 98 valence electrons. The first-order valence-corrected chi connectivity index (χ1v) is 7.20. The highest BCUT2D eigenvalue weighted by Gasteiger charge is 2.35. The molecule has 2 saturated heterocycles. The predicted molar refractivity (Wildman–Crippen MR) is 75.5 cm³/mol. The Hall–Kier alpha value is -0.880. The van der Waals surface area contributed by atoms with Crippen molar-refractivity contribution in [1.29, 1.82) is 0 Å². The lowest BCUT2D eigenvalue weighted by Crippen LogP contribution is -2.37. The van der Waals surface area contributed by atoms with Gasteiger partial charge in [-0.15, -0.1) is 0 Å². The molecule has 6 heteroatoms. The second-order valence-electron chi connectivity index (χ2n) is 5.20. The summed E-state index contributed by atoms with van der Waals surface area (Å²) < 4.78 is 0.757. The molecule has 2 fully saturated rings. The molecule has 2 N–H and O–H groups in total. The number of fused-ring (bicyclic) bond motifs is 2. The molecule has 0 amide bonds. The minimum Gasteiger partial charge on any atom is -0.383 e. The van der Waals surface area contributed by atoms with E-state index in [1.165, 1.54) is 19.3 Å². The topological polar surface area (TPSA) is 58.3 Å². The molecular weight excluding hydrogens is 294 g/mol. The zero-order valence-electron chi connectivity index (χ0n) is 10.5. The Balaban J connectivity index is 1.84. The van der Waals surface area contributed by atoms with Gasteiger partial charge in [-0.3, -0.25) is 4.90 Å². The van der Waals surface area contributed by atoms with Crippen LogP contribution in [0.4, 0.5) is 11.8 Å². The highest BCUT2D eigenvalue weighted by Crippen LogP contribution is 2.30. The Morgan fingerprint density at radius 3 is 2.83 bits per heavy atom. The zero-order chi connectivity index (χ0) is 12.7. The van der Waals surface area contributed by atoms with Crippen molar-refractivity contribution in [2.45, 2.75) is 31.3 Å². The summed E-state index contributed by atoms with van der Waals surface area (Å²) in [7, 11) is 2.24. The van der Waals surface area contributed by atoms with E-state index in [1.54, 1.807) is 6.07 Å². The van der Waals surface area contributed by atoms with Gasteiger partial charge in [0.2, 0.25) is 5.95 Å². The molecule has 0 saturated carbocycles. The average molecular weight is 312 g/mol. The van der Waals surface area contributed by atoms with Crippen LogP contribution in [0.5, 0.6) is 0 Å². The van der Waals surface area contributed by atoms with Gasteiger partial charge in [-0.2, -0.15) is 4.98 Å². The van der Waals surface area contributed by atoms with Crippen molar-refractivity contribution in [1.82, 2.24) is 14.9 Å². The van der Waals surface area contributed by atoms with Crippen LogP contribution in [-0.4, -0.2) is 47.1 Å². The van der Waals surface area contributed by atoms with Crippen LogP contribution in [0.2, 0.25) is 0 Å². The zero-order valence-corrected chi connectivity index (χ0v) is 12.1. The number of anilines is 2. The number of aromatic nitrogens is 2. The fourth-order valence-electron chi connectivity index (χ4n) is 3.05. The Labute approximate surface area is 116 Å². The fourth-order valence-corrected chi connectivity index (χ4v) is 3.45. The molecule has 1 aromatic heterocycles. The van der Waals surface area contributed by atoms with Crippen LogP contribution in [0.15, 0.2) is 10.7 Å². The predicted octanol–water partition coefficient (Wildman–Crippen LogP) is 1.49. The summed E-state index contributed by atoms with van der Waals surface area (Å²) in [6.07, 6.45) is 3.79. The molecule has 3 rings (SSSR count). The first kappa shape index (κ1) is 12.2. The summed E-state index contributed by atoms with van der Waals surface area (Å²) in [5, 5.41) is 0. The minimum absolute atomic E-state index is 0.523. The largest absolute Gasteiger partial charge is 0.383 e. The molecule has 0 aliphatic carbocycles. The average Bonchev–Trinajstić information content (AvgIpc) is 2.51. The molecule has 0 aromatic carbocycles. The molecule has 5 nitrogen and oxygen atoms in total. The Kier molecular flexibility index (Phi) is 3.15. The van der Waals surface area contributed by atoms with Crippen LogP contribution in [-0.2, 0) is 0 Å². The van der Waals surface area contributed by atoms with Gasteiger partial charge in [0.05, 0.1) is 0 Å². The third-order valence-corrected chi connectivity index (χ3v) is 4.54. The van der Waals surface area contributed by atoms with Crippen molar-refractivity contribution < 1.29 is 0 Å². The van der Waals surface area contributed by atoms with Crippen LogP contribution in [0.1, 0.15) is 19.3 Å². The highest BCUT2D eigenvalue weighted by atomic mass is 79.9. The SMILES string of the molecule is CN1C2CCC1CN(c1nc(N)cc(Br)n1)CC2. The maximum Gasteiger partial charge on any atom is 0.228 e. The van der Waals surface area contributed by atoms with E-state index < -0.39 is 0 Å². The van der Waals surface area contributed by atoms with Gasteiger partial charge >= 0.3 is 0 Å². The number of nitrogens with zero attached hydrogens (tertiary/aromatic N) is 4. The van der Waals surface area contributed by atoms with Crippen molar-refractivity contribution in [3.63, 3.8) is 0 Å².